The molecule has 1 amide bonds. The molecule has 1 saturated heterocycles. The lowest BCUT2D eigenvalue weighted by Crippen LogP contribution is -2.42. The number of carbonyl (C=O) groups is 1. The van der Waals surface area contributed by atoms with Crippen LogP contribution in [0, 0.1) is 11.6 Å². The van der Waals surface area contributed by atoms with Crippen LogP contribution in [-0.4, -0.2) is 30.0 Å². The average Bonchev–Trinajstić information content (AvgIpc) is 2.40. The number of hydrogen-bond acceptors (Lipinski definition) is 2. The Kier molecular flexibility index (Phi) is 4.47. The minimum atomic E-state index is -0.866. The zero-order valence-corrected chi connectivity index (χ0v) is 10.9. The second-order valence-corrected chi connectivity index (χ2v) is 4.79. The molecule has 1 heterocycles. The number of amides is 1. The van der Waals surface area contributed by atoms with Gasteiger partial charge in [-0.05, 0) is 30.5 Å². The summed E-state index contributed by atoms with van der Waals surface area (Å²) in [6.07, 6.45) is 1.75. The Morgan fingerprint density at radius 3 is 2.89 bits per heavy atom. The number of ether oxygens (including phenoxy) is 1. The second kappa shape index (κ2) is 6.10. The summed E-state index contributed by atoms with van der Waals surface area (Å²) in [5, 5.41) is 0. The summed E-state index contributed by atoms with van der Waals surface area (Å²) in [7, 11) is 0. The minimum absolute atomic E-state index is 0.0363. The highest BCUT2D eigenvalue weighted by Crippen LogP contribution is 2.16. The zero-order valence-electron chi connectivity index (χ0n) is 10.9. The smallest absolute Gasteiger partial charge is 0.219 e. The Balaban J connectivity index is 1.87. The normalized spacial score (nSPS) is 19.5. The van der Waals surface area contributed by atoms with Gasteiger partial charge in [-0.2, -0.15) is 0 Å². The van der Waals surface area contributed by atoms with Gasteiger partial charge in [0.05, 0.1) is 12.7 Å². The zero-order chi connectivity index (χ0) is 13.8. The van der Waals surface area contributed by atoms with Crippen molar-refractivity contribution >= 4 is 5.91 Å². The predicted molar refractivity (Wildman–Crippen MR) is 66.4 cm³/mol. The molecule has 1 aliphatic heterocycles. The number of likely N-dealkylation sites (tertiary alicyclic amines) is 1. The van der Waals surface area contributed by atoms with E-state index < -0.39 is 11.6 Å². The quantitative estimate of drug-likeness (QED) is 0.843. The van der Waals surface area contributed by atoms with Gasteiger partial charge in [-0.25, -0.2) is 8.78 Å². The lowest BCUT2D eigenvalue weighted by Gasteiger charge is -2.32. The highest BCUT2D eigenvalue weighted by atomic mass is 19.2. The first kappa shape index (κ1) is 13.9. The van der Waals surface area contributed by atoms with Gasteiger partial charge >= 0.3 is 0 Å². The molecule has 0 radical (unpaired) electrons. The van der Waals surface area contributed by atoms with Crippen LogP contribution in [0.25, 0.3) is 0 Å². The van der Waals surface area contributed by atoms with Gasteiger partial charge < -0.3 is 9.64 Å². The second-order valence-electron chi connectivity index (χ2n) is 4.79. The molecule has 19 heavy (non-hydrogen) atoms. The van der Waals surface area contributed by atoms with Crippen LogP contribution in [0.3, 0.4) is 0 Å². The lowest BCUT2D eigenvalue weighted by molar-refractivity contribution is -0.133. The van der Waals surface area contributed by atoms with Crippen LogP contribution >= 0.6 is 0 Å². The summed E-state index contributed by atoms with van der Waals surface area (Å²) >= 11 is 0. The number of rotatable bonds is 3. The predicted octanol–water partition coefficient (Wildman–Crippen LogP) is 2.49. The van der Waals surface area contributed by atoms with E-state index in [1.165, 1.54) is 13.0 Å². The summed E-state index contributed by atoms with van der Waals surface area (Å²) in [6, 6.07) is 3.74. The van der Waals surface area contributed by atoms with Crippen LogP contribution < -0.4 is 0 Å². The molecule has 0 N–H and O–H groups in total. The van der Waals surface area contributed by atoms with Crippen LogP contribution in [0.4, 0.5) is 8.78 Å². The number of nitrogens with zero attached hydrogens (tertiary/aromatic N) is 1. The van der Waals surface area contributed by atoms with Gasteiger partial charge in [0.15, 0.2) is 11.6 Å². The van der Waals surface area contributed by atoms with Crippen molar-refractivity contribution < 1.29 is 18.3 Å². The molecule has 3 nitrogen and oxygen atoms in total. The van der Waals surface area contributed by atoms with Gasteiger partial charge in [-0.1, -0.05) is 6.07 Å². The summed E-state index contributed by atoms with van der Waals surface area (Å²) in [5.74, 6) is -1.68. The molecule has 1 aromatic rings. The van der Waals surface area contributed by atoms with Crippen molar-refractivity contribution in [1.82, 2.24) is 4.90 Å². The molecule has 5 heteroatoms. The van der Waals surface area contributed by atoms with Crippen LogP contribution in [-0.2, 0) is 16.1 Å². The average molecular weight is 269 g/mol. The summed E-state index contributed by atoms with van der Waals surface area (Å²) in [6.45, 7) is 3.10. The van der Waals surface area contributed by atoms with Gasteiger partial charge in [0, 0.05) is 20.0 Å². The summed E-state index contributed by atoms with van der Waals surface area (Å²) in [4.78, 5) is 13.0. The van der Waals surface area contributed by atoms with E-state index in [2.05, 4.69) is 0 Å². The number of piperidine rings is 1. The molecule has 1 atom stereocenters. The van der Waals surface area contributed by atoms with Crippen molar-refractivity contribution in [3.05, 3.63) is 35.4 Å². The van der Waals surface area contributed by atoms with Crippen molar-refractivity contribution in [2.75, 3.05) is 13.1 Å². The third kappa shape index (κ3) is 3.73. The van der Waals surface area contributed by atoms with Gasteiger partial charge in [-0.15, -0.1) is 0 Å². The highest BCUT2D eigenvalue weighted by molar-refractivity contribution is 5.73. The number of hydrogen-bond donors (Lipinski definition) is 0. The fourth-order valence-electron chi connectivity index (χ4n) is 2.20. The maximum atomic E-state index is 13.0. The van der Waals surface area contributed by atoms with Crippen molar-refractivity contribution in [2.24, 2.45) is 0 Å². The Bertz CT molecular complexity index is 465. The third-order valence-electron chi connectivity index (χ3n) is 3.29. The molecule has 2 rings (SSSR count). The number of benzene rings is 1. The van der Waals surface area contributed by atoms with E-state index in [1.54, 1.807) is 4.90 Å². The number of carbonyl (C=O) groups excluding carboxylic acids is 1. The molecule has 1 aliphatic rings. The van der Waals surface area contributed by atoms with Crippen LogP contribution in [0.5, 0.6) is 0 Å². The van der Waals surface area contributed by atoms with E-state index in [9.17, 15) is 13.6 Å². The van der Waals surface area contributed by atoms with E-state index >= 15 is 0 Å². The van der Waals surface area contributed by atoms with Gasteiger partial charge in [0.25, 0.3) is 0 Å². The first-order chi connectivity index (χ1) is 9.06. The Morgan fingerprint density at radius 1 is 1.42 bits per heavy atom. The van der Waals surface area contributed by atoms with Crippen LogP contribution in [0.2, 0.25) is 0 Å². The van der Waals surface area contributed by atoms with Gasteiger partial charge in [-0.3, -0.25) is 4.79 Å². The largest absolute Gasteiger partial charge is 0.372 e. The molecular weight excluding hydrogens is 252 g/mol. The molecule has 0 aliphatic carbocycles. The Labute approximate surface area is 111 Å². The van der Waals surface area contributed by atoms with Crippen LogP contribution in [0.1, 0.15) is 25.3 Å². The van der Waals surface area contributed by atoms with Crippen molar-refractivity contribution in [3.63, 3.8) is 0 Å². The first-order valence-corrected chi connectivity index (χ1v) is 6.37. The van der Waals surface area contributed by atoms with Crippen molar-refractivity contribution in [2.45, 2.75) is 32.5 Å². The summed E-state index contributed by atoms with van der Waals surface area (Å²) in [5.41, 5.74) is 0.596. The monoisotopic (exact) mass is 269 g/mol. The maximum absolute atomic E-state index is 13.0. The van der Waals surface area contributed by atoms with E-state index in [-0.39, 0.29) is 18.6 Å². The molecule has 0 saturated carbocycles. The SMILES string of the molecule is CC(=O)N1CCCC(OCc2ccc(F)c(F)c2)C1. The van der Waals surface area contributed by atoms with Crippen LogP contribution in [0.15, 0.2) is 18.2 Å². The third-order valence-corrected chi connectivity index (χ3v) is 3.29. The topological polar surface area (TPSA) is 29.5 Å². The highest BCUT2D eigenvalue weighted by Gasteiger charge is 2.21. The maximum Gasteiger partial charge on any atom is 0.219 e. The van der Waals surface area contributed by atoms with Crippen molar-refractivity contribution in [3.8, 4) is 0 Å². The van der Waals surface area contributed by atoms with E-state index in [1.807, 2.05) is 0 Å². The molecular formula is C14H17F2NO2. The van der Waals surface area contributed by atoms with E-state index in [0.717, 1.165) is 31.5 Å². The molecule has 0 aromatic heterocycles. The molecule has 1 aromatic carbocycles. The first-order valence-electron chi connectivity index (χ1n) is 6.37. The summed E-state index contributed by atoms with van der Waals surface area (Å²) < 4.78 is 31.5. The fourth-order valence-corrected chi connectivity index (χ4v) is 2.20. The van der Waals surface area contributed by atoms with Gasteiger partial charge in [0.2, 0.25) is 5.91 Å². The van der Waals surface area contributed by atoms with E-state index in [4.69, 9.17) is 4.74 Å². The molecule has 1 fully saturated rings. The molecule has 0 bridgehead atoms. The lowest BCUT2D eigenvalue weighted by atomic mass is 10.1. The Hall–Kier alpha value is -1.49. The van der Waals surface area contributed by atoms with E-state index in [0.29, 0.717) is 12.1 Å². The molecule has 104 valence electrons. The fraction of sp³-hybridized carbons (Fsp3) is 0.500. The Morgan fingerprint density at radius 2 is 2.21 bits per heavy atom. The number of halogens is 2. The molecule has 0 spiro atoms. The van der Waals surface area contributed by atoms with Crippen molar-refractivity contribution in [1.29, 1.82) is 0 Å². The minimum Gasteiger partial charge on any atom is -0.372 e. The van der Waals surface area contributed by atoms with Gasteiger partial charge in [0.1, 0.15) is 0 Å². The molecule has 1 unspecified atom stereocenters. The standard InChI is InChI=1S/C14H17F2NO2/c1-10(18)17-6-2-3-12(8-17)19-9-11-4-5-13(15)14(16)7-11/h4-5,7,12H,2-3,6,8-9H2,1H3.